The summed E-state index contributed by atoms with van der Waals surface area (Å²) in [5, 5.41) is 0. The van der Waals surface area contributed by atoms with Crippen molar-refractivity contribution in [1.82, 2.24) is 4.90 Å². The third-order valence-corrected chi connectivity index (χ3v) is 4.36. The topological polar surface area (TPSA) is 20.3 Å². The highest BCUT2D eigenvalue weighted by molar-refractivity contribution is 5.95. The normalized spacial score (nSPS) is 11.1. The van der Waals surface area contributed by atoms with Gasteiger partial charge in [0.25, 0.3) is 5.91 Å². The van der Waals surface area contributed by atoms with Gasteiger partial charge in [-0.1, -0.05) is 44.2 Å². The van der Waals surface area contributed by atoms with Crippen LogP contribution in [0.3, 0.4) is 0 Å². The first-order valence-corrected chi connectivity index (χ1v) is 9.36. The van der Waals surface area contributed by atoms with Gasteiger partial charge in [0.1, 0.15) is 5.82 Å². The summed E-state index contributed by atoms with van der Waals surface area (Å²) in [7, 11) is 0. The second kappa shape index (κ2) is 9.91. The lowest BCUT2D eigenvalue weighted by atomic mass is 10.0. The van der Waals surface area contributed by atoms with Crippen LogP contribution in [0.1, 0.15) is 53.7 Å². The largest absolute Gasteiger partial charge is 0.339 e. The summed E-state index contributed by atoms with van der Waals surface area (Å²) < 4.78 is 13.0. The van der Waals surface area contributed by atoms with Gasteiger partial charge in [0.15, 0.2) is 0 Å². The van der Waals surface area contributed by atoms with Crippen LogP contribution in [0.2, 0.25) is 0 Å². The van der Waals surface area contributed by atoms with Crippen molar-refractivity contribution in [2.45, 2.75) is 40.0 Å². The Hall–Kier alpha value is -2.42. The Labute approximate surface area is 156 Å². The molecule has 3 heteroatoms. The predicted octanol–water partition coefficient (Wildman–Crippen LogP) is 5.65. The van der Waals surface area contributed by atoms with Gasteiger partial charge in [0.05, 0.1) is 0 Å². The first-order chi connectivity index (χ1) is 12.5. The number of hydrogen-bond acceptors (Lipinski definition) is 1. The molecule has 0 saturated carbocycles. The minimum Gasteiger partial charge on any atom is -0.339 e. The van der Waals surface area contributed by atoms with Crippen LogP contribution < -0.4 is 0 Å². The van der Waals surface area contributed by atoms with Crippen LogP contribution in [0.25, 0.3) is 6.08 Å². The van der Waals surface area contributed by atoms with Gasteiger partial charge in [0, 0.05) is 18.7 Å². The highest BCUT2D eigenvalue weighted by Gasteiger charge is 2.14. The van der Waals surface area contributed by atoms with Gasteiger partial charge in [-0.05, 0) is 67.1 Å². The number of benzene rings is 2. The fourth-order valence-corrected chi connectivity index (χ4v) is 2.93. The molecule has 0 aliphatic heterocycles. The lowest BCUT2D eigenvalue weighted by molar-refractivity contribution is 0.0755. The summed E-state index contributed by atoms with van der Waals surface area (Å²) in [6, 6.07) is 12.4. The molecule has 0 heterocycles. The van der Waals surface area contributed by atoms with E-state index in [9.17, 15) is 9.18 Å². The molecule has 0 atom stereocenters. The molecule has 0 bridgehead atoms. The number of halogens is 1. The van der Waals surface area contributed by atoms with E-state index in [1.165, 1.54) is 12.1 Å². The van der Waals surface area contributed by atoms with E-state index < -0.39 is 0 Å². The average Bonchev–Trinajstić information content (AvgIpc) is 2.64. The van der Waals surface area contributed by atoms with Gasteiger partial charge in [-0.2, -0.15) is 0 Å². The summed E-state index contributed by atoms with van der Waals surface area (Å²) in [5.74, 6) is -0.120. The minimum absolute atomic E-state index is 0.0990. The van der Waals surface area contributed by atoms with Crippen LogP contribution in [0.15, 0.2) is 48.5 Å². The molecule has 1 amide bonds. The molecule has 138 valence electrons. The van der Waals surface area contributed by atoms with Crippen molar-refractivity contribution < 1.29 is 9.18 Å². The maximum absolute atomic E-state index is 13.0. The van der Waals surface area contributed by atoms with Crippen LogP contribution >= 0.6 is 0 Å². The van der Waals surface area contributed by atoms with Crippen LogP contribution in [0.5, 0.6) is 0 Å². The SMILES string of the molecule is CCCN(CCC)C(=O)c1ccc(C)c(/C=C\Cc2ccc(F)cc2)c1. The maximum atomic E-state index is 13.0. The smallest absolute Gasteiger partial charge is 0.253 e. The number of carbonyl (C=O) groups excluding carboxylic acids is 1. The molecule has 0 fully saturated rings. The van der Waals surface area contributed by atoms with Gasteiger partial charge in [0.2, 0.25) is 0 Å². The van der Waals surface area contributed by atoms with Crippen molar-refractivity contribution in [2.24, 2.45) is 0 Å². The van der Waals surface area contributed by atoms with E-state index in [-0.39, 0.29) is 11.7 Å². The van der Waals surface area contributed by atoms with E-state index >= 15 is 0 Å². The lowest BCUT2D eigenvalue weighted by Gasteiger charge is -2.21. The van der Waals surface area contributed by atoms with E-state index in [1.807, 2.05) is 36.1 Å². The Bertz CT molecular complexity index is 743. The van der Waals surface area contributed by atoms with E-state index in [4.69, 9.17) is 0 Å². The molecular formula is C23H28FNO. The minimum atomic E-state index is -0.219. The van der Waals surface area contributed by atoms with Crippen molar-refractivity contribution in [3.8, 4) is 0 Å². The van der Waals surface area contributed by atoms with Crippen molar-refractivity contribution in [3.05, 3.63) is 76.6 Å². The second-order valence-corrected chi connectivity index (χ2v) is 6.60. The number of rotatable bonds is 8. The maximum Gasteiger partial charge on any atom is 0.253 e. The molecule has 2 aromatic rings. The standard InChI is InChI=1S/C23H28FNO/c1-4-15-25(16-5-2)23(26)21-12-9-18(3)20(17-21)8-6-7-19-10-13-22(24)14-11-19/h6,8-14,17H,4-5,7,15-16H2,1-3H3/b8-6-. The fraction of sp³-hybridized carbons (Fsp3) is 0.348. The molecule has 0 aromatic heterocycles. The highest BCUT2D eigenvalue weighted by atomic mass is 19.1. The zero-order valence-corrected chi connectivity index (χ0v) is 16.0. The number of amides is 1. The van der Waals surface area contributed by atoms with Crippen molar-refractivity contribution in [2.75, 3.05) is 13.1 Å². The Morgan fingerprint density at radius 3 is 2.31 bits per heavy atom. The van der Waals surface area contributed by atoms with Crippen molar-refractivity contribution >= 4 is 12.0 Å². The van der Waals surface area contributed by atoms with Gasteiger partial charge < -0.3 is 4.90 Å². The molecule has 0 aliphatic rings. The van der Waals surface area contributed by atoms with E-state index in [2.05, 4.69) is 19.9 Å². The number of carbonyl (C=O) groups is 1. The molecule has 0 saturated heterocycles. The molecule has 0 aliphatic carbocycles. The molecule has 26 heavy (non-hydrogen) atoms. The van der Waals surface area contributed by atoms with Crippen LogP contribution in [0.4, 0.5) is 4.39 Å². The van der Waals surface area contributed by atoms with E-state index in [0.717, 1.165) is 54.6 Å². The second-order valence-electron chi connectivity index (χ2n) is 6.60. The number of allylic oxidation sites excluding steroid dienone is 1. The zero-order valence-electron chi connectivity index (χ0n) is 16.0. The average molecular weight is 353 g/mol. The van der Waals surface area contributed by atoms with Crippen LogP contribution in [-0.2, 0) is 6.42 Å². The molecule has 0 unspecified atom stereocenters. The molecule has 2 aromatic carbocycles. The fourth-order valence-electron chi connectivity index (χ4n) is 2.93. The Morgan fingerprint density at radius 2 is 1.69 bits per heavy atom. The Kier molecular flexibility index (Phi) is 7.58. The summed E-state index contributed by atoms with van der Waals surface area (Å²) in [5.41, 5.74) is 3.98. The van der Waals surface area contributed by atoms with Gasteiger partial charge in [-0.3, -0.25) is 4.79 Å². The van der Waals surface area contributed by atoms with Crippen molar-refractivity contribution in [3.63, 3.8) is 0 Å². The highest BCUT2D eigenvalue weighted by Crippen LogP contribution is 2.16. The first kappa shape index (κ1) is 19.9. The number of aryl methyl sites for hydroxylation is 1. The van der Waals surface area contributed by atoms with Gasteiger partial charge in [-0.15, -0.1) is 0 Å². The lowest BCUT2D eigenvalue weighted by Crippen LogP contribution is -2.32. The monoisotopic (exact) mass is 353 g/mol. The van der Waals surface area contributed by atoms with Gasteiger partial charge >= 0.3 is 0 Å². The third kappa shape index (κ3) is 5.55. The summed E-state index contributed by atoms with van der Waals surface area (Å²) in [6.45, 7) is 7.80. The molecule has 2 nitrogen and oxygen atoms in total. The molecule has 2 rings (SSSR count). The summed E-state index contributed by atoms with van der Waals surface area (Å²) in [6.07, 6.45) is 6.75. The first-order valence-electron chi connectivity index (χ1n) is 9.36. The van der Waals surface area contributed by atoms with Gasteiger partial charge in [-0.25, -0.2) is 4.39 Å². The molecule has 0 radical (unpaired) electrons. The Morgan fingerprint density at radius 1 is 1.04 bits per heavy atom. The van der Waals surface area contributed by atoms with Crippen molar-refractivity contribution in [1.29, 1.82) is 0 Å². The van der Waals surface area contributed by atoms with E-state index in [0.29, 0.717) is 0 Å². The van der Waals surface area contributed by atoms with E-state index in [1.54, 1.807) is 12.1 Å². The zero-order chi connectivity index (χ0) is 18.9. The summed E-state index contributed by atoms with van der Waals surface area (Å²) >= 11 is 0. The third-order valence-electron chi connectivity index (χ3n) is 4.36. The van der Waals surface area contributed by atoms with Crippen LogP contribution in [0, 0.1) is 12.7 Å². The molecular weight excluding hydrogens is 325 g/mol. The predicted molar refractivity (Wildman–Crippen MR) is 107 cm³/mol. The Balaban J connectivity index is 2.14. The molecule has 0 N–H and O–H groups in total. The summed E-state index contributed by atoms with van der Waals surface area (Å²) in [4.78, 5) is 14.7. The number of nitrogens with zero attached hydrogens (tertiary/aromatic N) is 1. The molecule has 0 spiro atoms. The quantitative estimate of drug-likeness (QED) is 0.600. The number of hydrogen-bond donors (Lipinski definition) is 0. The van der Waals surface area contributed by atoms with Crippen LogP contribution in [-0.4, -0.2) is 23.9 Å².